The topological polar surface area (TPSA) is 143 Å². The Morgan fingerprint density at radius 1 is 0.733 bits per heavy atom. The number of nitrogens with one attached hydrogen (secondary N) is 3. The Balaban J connectivity index is 1.72. The molecule has 0 aliphatic heterocycles. The molecule has 0 unspecified atom stereocenters. The van der Waals surface area contributed by atoms with Gasteiger partial charge in [0.15, 0.2) is 0 Å². The summed E-state index contributed by atoms with van der Waals surface area (Å²) in [5.41, 5.74) is 1.80. The van der Waals surface area contributed by atoms with Gasteiger partial charge in [-0.25, -0.2) is 15.0 Å². The van der Waals surface area contributed by atoms with Crippen molar-refractivity contribution < 1.29 is 5.11 Å². The van der Waals surface area contributed by atoms with Crippen LogP contribution in [0.2, 0.25) is 0 Å². The molecule has 0 saturated carbocycles. The number of aliphatic hydroxyl groups is 1. The van der Waals surface area contributed by atoms with Gasteiger partial charge in [0.2, 0.25) is 0 Å². The molecule has 3 heterocycles. The number of imidazole rings is 3. The number of aryl methyl sites for hydroxylation is 3. The van der Waals surface area contributed by atoms with Gasteiger partial charge in [-0.3, -0.25) is 15.0 Å². The van der Waals surface area contributed by atoms with E-state index in [2.05, 4.69) is 44.9 Å². The lowest BCUT2D eigenvalue weighted by Gasteiger charge is -2.26. The minimum absolute atomic E-state index is 0.106. The van der Waals surface area contributed by atoms with Gasteiger partial charge in [-0.15, -0.1) is 0 Å². The average molecular weight is 409 g/mol. The van der Waals surface area contributed by atoms with Gasteiger partial charge >= 0.3 is 0 Å². The molecule has 0 bridgehead atoms. The molecule has 0 atom stereocenters. The monoisotopic (exact) mass is 409 g/mol. The van der Waals surface area contributed by atoms with Gasteiger partial charge in [0, 0.05) is 18.6 Å². The Labute approximate surface area is 174 Å². The van der Waals surface area contributed by atoms with Crippen LogP contribution in [0.15, 0.2) is 33.6 Å². The summed E-state index contributed by atoms with van der Waals surface area (Å²) in [6.07, 6.45) is 10.3. The summed E-state index contributed by atoms with van der Waals surface area (Å²) < 4.78 is 0. The molecule has 0 aliphatic rings. The predicted molar refractivity (Wildman–Crippen MR) is 117 cm³/mol. The van der Waals surface area contributed by atoms with E-state index in [0.29, 0.717) is 19.6 Å². The van der Waals surface area contributed by atoms with Crippen LogP contribution >= 0.6 is 0 Å². The molecule has 4 N–H and O–H groups in total. The van der Waals surface area contributed by atoms with Crippen LogP contribution in [0.25, 0.3) is 0 Å². The Kier molecular flexibility index (Phi) is 7.02. The SMILES string of the molecule is Cc1ncc(C=NCC(CO)(CN=Cc2cnc(C)[nH]2)CN=Cc2cnc(C)[nH]2)[nH]1. The van der Waals surface area contributed by atoms with Crippen molar-refractivity contribution in [1.29, 1.82) is 0 Å². The summed E-state index contributed by atoms with van der Waals surface area (Å²) in [5.74, 6) is 2.47. The molecule has 0 aromatic carbocycles. The van der Waals surface area contributed by atoms with Crippen LogP contribution in [0.1, 0.15) is 34.6 Å². The third-order valence-corrected chi connectivity index (χ3v) is 4.47. The Morgan fingerprint density at radius 2 is 1.07 bits per heavy atom. The number of aromatic amines is 3. The van der Waals surface area contributed by atoms with Crippen LogP contribution in [0.4, 0.5) is 0 Å². The Bertz CT molecular complexity index is 898. The maximum absolute atomic E-state index is 10.2. The highest BCUT2D eigenvalue weighted by Gasteiger charge is 2.28. The fourth-order valence-electron chi connectivity index (χ4n) is 2.83. The van der Waals surface area contributed by atoms with E-state index in [4.69, 9.17) is 0 Å². The molecule has 0 amide bonds. The molecule has 0 saturated heterocycles. The lowest BCUT2D eigenvalue weighted by Crippen LogP contribution is -2.36. The van der Waals surface area contributed by atoms with Crippen LogP contribution in [0.5, 0.6) is 0 Å². The van der Waals surface area contributed by atoms with Crippen molar-refractivity contribution in [2.45, 2.75) is 20.8 Å². The first-order chi connectivity index (χ1) is 14.5. The standard InChI is InChI=1S/C20H27N9O/c1-14-24-7-17(27-14)4-21-10-20(13-30,11-22-5-18-8-25-15(2)28-18)12-23-6-19-9-26-16(3)29-19/h4-9,30H,10-13H2,1-3H3,(H,24,27)(H,25,28)(H,26,29). The summed E-state index contributed by atoms with van der Waals surface area (Å²) in [7, 11) is 0. The van der Waals surface area contributed by atoms with E-state index in [-0.39, 0.29) is 6.61 Å². The first kappa shape index (κ1) is 21.3. The van der Waals surface area contributed by atoms with Gasteiger partial charge in [-0.2, -0.15) is 0 Å². The lowest BCUT2D eigenvalue weighted by molar-refractivity contribution is 0.148. The van der Waals surface area contributed by atoms with Gasteiger partial charge in [0.25, 0.3) is 0 Å². The summed E-state index contributed by atoms with van der Waals surface area (Å²) in [4.78, 5) is 35.4. The molecule has 0 fully saturated rings. The molecule has 0 spiro atoms. The Hall–Kier alpha value is -3.40. The first-order valence-corrected chi connectivity index (χ1v) is 9.63. The van der Waals surface area contributed by atoms with E-state index < -0.39 is 5.41 Å². The highest BCUT2D eigenvalue weighted by atomic mass is 16.3. The number of H-pyrrole nitrogens is 3. The summed E-state index contributed by atoms with van der Waals surface area (Å²) >= 11 is 0. The molecular formula is C20H27N9O. The number of hydrogen-bond donors (Lipinski definition) is 4. The molecule has 158 valence electrons. The van der Waals surface area contributed by atoms with Crippen molar-refractivity contribution in [1.82, 2.24) is 29.9 Å². The maximum Gasteiger partial charge on any atom is 0.103 e. The predicted octanol–water partition coefficient (Wildman–Crippen LogP) is 1.42. The van der Waals surface area contributed by atoms with Crippen molar-refractivity contribution in [3.8, 4) is 0 Å². The smallest absolute Gasteiger partial charge is 0.103 e. The third-order valence-electron chi connectivity index (χ3n) is 4.47. The lowest BCUT2D eigenvalue weighted by atomic mass is 9.89. The minimum Gasteiger partial charge on any atom is -0.396 e. The zero-order chi connectivity index (χ0) is 21.4. The molecule has 10 heteroatoms. The van der Waals surface area contributed by atoms with Crippen LogP contribution in [-0.4, -0.2) is 79.9 Å². The molecule has 3 aromatic rings. The Morgan fingerprint density at radius 3 is 1.30 bits per heavy atom. The van der Waals surface area contributed by atoms with Gasteiger partial charge in [-0.1, -0.05) is 0 Å². The zero-order valence-electron chi connectivity index (χ0n) is 17.4. The molecule has 3 rings (SSSR count). The van der Waals surface area contributed by atoms with Crippen molar-refractivity contribution in [2.24, 2.45) is 20.4 Å². The second-order valence-electron chi connectivity index (χ2n) is 7.34. The van der Waals surface area contributed by atoms with Crippen LogP contribution in [-0.2, 0) is 0 Å². The van der Waals surface area contributed by atoms with E-state index in [0.717, 1.165) is 34.6 Å². The normalized spacial score (nSPS) is 14.4. The summed E-state index contributed by atoms with van der Waals surface area (Å²) in [6.45, 7) is 6.62. The van der Waals surface area contributed by atoms with Gasteiger partial charge in [0.05, 0.1) is 67.3 Å². The quantitative estimate of drug-likeness (QED) is 0.375. The summed E-state index contributed by atoms with van der Waals surface area (Å²) in [5, 5.41) is 10.2. The number of rotatable bonds is 10. The largest absolute Gasteiger partial charge is 0.396 e. The van der Waals surface area contributed by atoms with Gasteiger partial charge in [0.1, 0.15) is 17.5 Å². The maximum atomic E-state index is 10.2. The second-order valence-corrected chi connectivity index (χ2v) is 7.34. The van der Waals surface area contributed by atoms with Gasteiger partial charge < -0.3 is 20.1 Å². The fraction of sp³-hybridized carbons (Fsp3) is 0.400. The van der Waals surface area contributed by atoms with E-state index >= 15 is 0 Å². The molecule has 10 nitrogen and oxygen atoms in total. The second kappa shape index (κ2) is 9.88. The summed E-state index contributed by atoms with van der Waals surface area (Å²) in [6, 6.07) is 0. The van der Waals surface area contributed by atoms with Crippen molar-refractivity contribution in [3.63, 3.8) is 0 Å². The number of aliphatic imine (C=N–C) groups is 3. The van der Waals surface area contributed by atoms with Crippen LogP contribution in [0.3, 0.4) is 0 Å². The number of hydrogen-bond acceptors (Lipinski definition) is 7. The van der Waals surface area contributed by atoms with Crippen molar-refractivity contribution in [2.75, 3.05) is 26.2 Å². The molecule has 0 aliphatic carbocycles. The average Bonchev–Trinajstić information content (AvgIpc) is 3.44. The number of aliphatic hydroxyl groups excluding tert-OH is 1. The van der Waals surface area contributed by atoms with Crippen molar-refractivity contribution in [3.05, 3.63) is 53.1 Å². The third kappa shape index (κ3) is 6.05. The molecular weight excluding hydrogens is 382 g/mol. The zero-order valence-corrected chi connectivity index (χ0v) is 17.4. The first-order valence-electron chi connectivity index (χ1n) is 9.63. The van der Waals surface area contributed by atoms with E-state index in [1.165, 1.54) is 0 Å². The van der Waals surface area contributed by atoms with E-state index in [1.54, 1.807) is 37.2 Å². The van der Waals surface area contributed by atoms with Crippen molar-refractivity contribution >= 4 is 18.6 Å². The van der Waals surface area contributed by atoms with Gasteiger partial charge in [-0.05, 0) is 20.8 Å². The number of nitrogens with zero attached hydrogens (tertiary/aromatic N) is 6. The van der Waals surface area contributed by atoms with Crippen LogP contribution < -0.4 is 0 Å². The van der Waals surface area contributed by atoms with E-state index in [1.807, 2.05) is 20.8 Å². The highest BCUT2D eigenvalue weighted by Crippen LogP contribution is 2.19. The number of aromatic nitrogens is 6. The van der Waals surface area contributed by atoms with Crippen LogP contribution in [0, 0.1) is 26.2 Å². The molecule has 3 aromatic heterocycles. The molecule has 0 radical (unpaired) electrons. The van der Waals surface area contributed by atoms with E-state index in [9.17, 15) is 5.11 Å². The minimum atomic E-state index is -0.636. The highest BCUT2D eigenvalue weighted by molar-refractivity contribution is 5.77. The fourth-order valence-corrected chi connectivity index (χ4v) is 2.83. The molecule has 30 heavy (non-hydrogen) atoms.